The number of carbonyl (C=O) groups excluding carboxylic acids is 1. The second-order valence-corrected chi connectivity index (χ2v) is 9.66. The van der Waals surface area contributed by atoms with Crippen LogP contribution in [0.25, 0.3) is 0 Å². The van der Waals surface area contributed by atoms with Crippen molar-refractivity contribution >= 4 is 11.6 Å². The smallest absolute Gasteiger partial charge is 0.416 e. The van der Waals surface area contributed by atoms with Gasteiger partial charge in [-0.25, -0.2) is 4.39 Å². The molecule has 4 nitrogen and oxygen atoms in total. The number of carbonyl (C=O) groups is 1. The molecule has 204 valence electrons. The third kappa shape index (κ3) is 6.83. The largest absolute Gasteiger partial charge is 0.508 e. The number of aromatic hydroxyl groups is 1. The highest BCUT2D eigenvalue weighted by molar-refractivity contribution is 5.97. The Labute approximate surface area is 213 Å². The van der Waals surface area contributed by atoms with Gasteiger partial charge < -0.3 is 15.5 Å². The van der Waals surface area contributed by atoms with Crippen LogP contribution in [0.3, 0.4) is 0 Å². The average Bonchev–Trinajstić information content (AvgIpc) is 2.79. The zero-order valence-corrected chi connectivity index (χ0v) is 20.2. The number of hydrogen-bond donors (Lipinski definition) is 3. The fourth-order valence-corrected chi connectivity index (χ4v) is 4.31. The van der Waals surface area contributed by atoms with Crippen LogP contribution < -0.4 is 5.32 Å². The third-order valence-electron chi connectivity index (χ3n) is 6.03. The molecule has 1 atom stereocenters. The molecule has 3 aromatic rings. The molecule has 0 saturated heterocycles. The van der Waals surface area contributed by atoms with Gasteiger partial charge in [0.25, 0.3) is 5.91 Å². The number of rotatable bonds is 7. The highest BCUT2D eigenvalue weighted by atomic mass is 19.4. The minimum absolute atomic E-state index is 0.0372. The summed E-state index contributed by atoms with van der Waals surface area (Å²) in [6.45, 7) is 2.99. The number of anilines is 1. The molecule has 0 fully saturated rings. The van der Waals surface area contributed by atoms with Crippen molar-refractivity contribution in [2.45, 2.75) is 50.1 Å². The SMILES string of the molecule is CC(C)(CC(O)(Cc1ccccc1)C(=O)Nc1cc(C(F)(F)F)cc(C(F)(F)F)c1)c1cc(F)ccc1O. The van der Waals surface area contributed by atoms with Gasteiger partial charge in [-0.2, -0.15) is 26.3 Å². The van der Waals surface area contributed by atoms with Gasteiger partial charge in [-0.05, 0) is 53.8 Å². The summed E-state index contributed by atoms with van der Waals surface area (Å²) in [7, 11) is 0. The molecule has 3 N–H and O–H groups in total. The van der Waals surface area contributed by atoms with E-state index in [0.717, 1.165) is 18.2 Å². The Kier molecular flexibility index (Phi) is 7.84. The Bertz CT molecular complexity index is 1270. The van der Waals surface area contributed by atoms with Crippen LogP contribution in [0.5, 0.6) is 5.75 Å². The molecule has 0 heterocycles. The van der Waals surface area contributed by atoms with E-state index in [9.17, 15) is 45.7 Å². The first kappa shape index (κ1) is 29.0. The number of halogens is 7. The van der Waals surface area contributed by atoms with Gasteiger partial charge in [-0.1, -0.05) is 44.2 Å². The Morgan fingerprint density at radius 3 is 1.92 bits per heavy atom. The fraction of sp³-hybridized carbons (Fsp3) is 0.296. The minimum atomic E-state index is -5.14. The van der Waals surface area contributed by atoms with Gasteiger partial charge in [0.05, 0.1) is 11.1 Å². The number of aliphatic hydroxyl groups is 1. The van der Waals surface area contributed by atoms with Gasteiger partial charge in [0.15, 0.2) is 0 Å². The maximum Gasteiger partial charge on any atom is 0.416 e. The van der Waals surface area contributed by atoms with Crippen LogP contribution in [0.1, 0.15) is 42.5 Å². The van der Waals surface area contributed by atoms with Crippen LogP contribution in [0.4, 0.5) is 36.4 Å². The van der Waals surface area contributed by atoms with Crippen LogP contribution in [-0.4, -0.2) is 21.7 Å². The quantitative estimate of drug-likeness (QED) is 0.286. The molecule has 3 rings (SSSR count). The van der Waals surface area contributed by atoms with E-state index in [1.807, 2.05) is 5.32 Å². The molecule has 0 aliphatic heterocycles. The Balaban J connectivity index is 2.05. The monoisotopic (exact) mass is 543 g/mol. The number of nitrogens with one attached hydrogen (secondary N) is 1. The first-order valence-electron chi connectivity index (χ1n) is 11.3. The maximum atomic E-state index is 13.9. The van der Waals surface area contributed by atoms with Crippen molar-refractivity contribution in [2.24, 2.45) is 0 Å². The fourth-order valence-electron chi connectivity index (χ4n) is 4.31. The standard InChI is InChI=1S/C27H24F7NO3/c1-24(2,21-13-19(28)8-9-22(21)36)15-25(38,14-16-6-4-3-5-7-16)23(37)35-20-11-17(26(29,30)31)10-18(12-20)27(32,33)34/h3-13,36,38H,14-15H2,1-2H3,(H,35,37). The van der Waals surface area contributed by atoms with Crippen LogP contribution in [-0.2, 0) is 29.0 Å². The van der Waals surface area contributed by atoms with Gasteiger partial charge >= 0.3 is 12.4 Å². The van der Waals surface area contributed by atoms with Crippen LogP contribution in [0, 0.1) is 5.82 Å². The van der Waals surface area contributed by atoms with Crippen molar-refractivity contribution < 1.29 is 45.7 Å². The van der Waals surface area contributed by atoms with Gasteiger partial charge in [0, 0.05) is 17.7 Å². The zero-order valence-electron chi connectivity index (χ0n) is 20.2. The maximum absolute atomic E-state index is 13.9. The van der Waals surface area contributed by atoms with Gasteiger partial charge in [0.1, 0.15) is 17.2 Å². The molecule has 1 amide bonds. The first-order valence-corrected chi connectivity index (χ1v) is 11.3. The predicted molar refractivity (Wildman–Crippen MR) is 126 cm³/mol. The second-order valence-electron chi connectivity index (χ2n) is 9.66. The molecule has 0 aliphatic rings. The van der Waals surface area contributed by atoms with Crippen molar-refractivity contribution in [3.05, 3.63) is 94.8 Å². The van der Waals surface area contributed by atoms with Crippen molar-refractivity contribution in [3.8, 4) is 5.75 Å². The normalized spacial score (nSPS) is 14.2. The highest BCUT2D eigenvalue weighted by Crippen LogP contribution is 2.41. The summed E-state index contributed by atoms with van der Waals surface area (Å²) in [5.41, 5.74) is -7.32. The highest BCUT2D eigenvalue weighted by Gasteiger charge is 2.44. The van der Waals surface area contributed by atoms with Crippen molar-refractivity contribution in [2.75, 3.05) is 5.32 Å². The number of alkyl halides is 6. The number of hydrogen-bond acceptors (Lipinski definition) is 3. The lowest BCUT2D eigenvalue weighted by Gasteiger charge is -2.36. The lowest BCUT2D eigenvalue weighted by molar-refractivity contribution is -0.143. The summed E-state index contributed by atoms with van der Waals surface area (Å²) < 4.78 is 93.7. The summed E-state index contributed by atoms with van der Waals surface area (Å²) in [5.74, 6) is -2.31. The van der Waals surface area contributed by atoms with E-state index in [1.54, 1.807) is 30.3 Å². The molecule has 38 heavy (non-hydrogen) atoms. The van der Waals surface area contributed by atoms with E-state index < -0.39 is 58.3 Å². The third-order valence-corrected chi connectivity index (χ3v) is 6.03. The number of phenols is 1. The summed E-state index contributed by atoms with van der Waals surface area (Å²) in [5, 5.41) is 23.9. The van der Waals surface area contributed by atoms with E-state index in [1.165, 1.54) is 13.8 Å². The van der Waals surface area contributed by atoms with Crippen LogP contribution >= 0.6 is 0 Å². The van der Waals surface area contributed by atoms with Gasteiger partial charge in [-0.15, -0.1) is 0 Å². The molecule has 0 bridgehead atoms. The van der Waals surface area contributed by atoms with Crippen molar-refractivity contribution in [1.29, 1.82) is 0 Å². The molecule has 0 aliphatic carbocycles. The van der Waals surface area contributed by atoms with Crippen LogP contribution in [0.2, 0.25) is 0 Å². The minimum Gasteiger partial charge on any atom is -0.508 e. The van der Waals surface area contributed by atoms with E-state index in [0.29, 0.717) is 17.7 Å². The number of benzene rings is 3. The van der Waals surface area contributed by atoms with E-state index in [2.05, 4.69) is 0 Å². The van der Waals surface area contributed by atoms with Crippen molar-refractivity contribution in [1.82, 2.24) is 0 Å². The summed E-state index contributed by atoms with van der Waals surface area (Å²) in [4.78, 5) is 13.4. The average molecular weight is 543 g/mol. The number of phenolic OH excluding ortho intramolecular Hbond substituents is 1. The molecular weight excluding hydrogens is 519 g/mol. The lowest BCUT2D eigenvalue weighted by Crippen LogP contribution is -2.49. The molecule has 1 unspecified atom stereocenters. The van der Waals surface area contributed by atoms with Gasteiger partial charge in [0.2, 0.25) is 0 Å². The van der Waals surface area contributed by atoms with E-state index in [4.69, 9.17) is 0 Å². The molecule has 0 saturated carbocycles. The van der Waals surface area contributed by atoms with Gasteiger partial charge in [-0.3, -0.25) is 4.79 Å². The molecular formula is C27H24F7NO3. The summed E-state index contributed by atoms with van der Waals surface area (Å²) >= 11 is 0. The number of amides is 1. The van der Waals surface area contributed by atoms with E-state index >= 15 is 0 Å². The first-order chi connectivity index (χ1) is 17.4. The second kappa shape index (κ2) is 10.3. The van der Waals surface area contributed by atoms with E-state index in [-0.39, 0.29) is 23.8 Å². The molecule has 0 radical (unpaired) electrons. The Hall–Kier alpha value is -3.60. The Morgan fingerprint density at radius 2 is 1.39 bits per heavy atom. The van der Waals surface area contributed by atoms with Crippen molar-refractivity contribution in [3.63, 3.8) is 0 Å². The summed E-state index contributed by atoms with van der Waals surface area (Å²) in [6.07, 6.45) is -11.1. The lowest BCUT2D eigenvalue weighted by atomic mass is 9.72. The Morgan fingerprint density at radius 1 is 0.842 bits per heavy atom. The summed E-state index contributed by atoms with van der Waals surface area (Å²) in [6, 6.07) is 11.7. The molecule has 3 aromatic carbocycles. The molecule has 0 spiro atoms. The molecule has 11 heteroatoms. The predicted octanol–water partition coefficient (Wildman–Crippen LogP) is 6.85. The van der Waals surface area contributed by atoms with Crippen LogP contribution in [0.15, 0.2) is 66.7 Å². The zero-order chi connectivity index (χ0) is 28.5. The topological polar surface area (TPSA) is 69.6 Å². The molecule has 0 aromatic heterocycles.